The van der Waals surface area contributed by atoms with Crippen LogP contribution in [0.25, 0.3) is 33.7 Å². The molecule has 2 N–H and O–H groups in total. The van der Waals surface area contributed by atoms with Crippen LogP contribution in [0, 0.1) is 0 Å². The monoisotopic (exact) mass is 432 g/mol. The molecule has 5 aromatic rings. The van der Waals surface area contributed by atoms with Gasteiger partial charge in [-0.15, -0.1) is 0 Å². The number of aromatic amines is 1. The first-order valence-electron chi connectivity index (χ1n) is 9.64. The van der Waals surface area contributed by atoms with E-state index in [2.05, 4.69) is 30.2 Å². The van der Waals surface area contributed by atoms with Gasteiger partial charge < -0.3 is 10.3 Å². The summed E-state index contributed by atoms with van der Waals surface area (Å²) in [7, 11) is 0. The fourth-order valence-corrected chi connectivity index (χ4v) is 3.25. The van der Waals surface area contributed by atoms with E-state index >= 15 is 0 Å². The maximum Gasteiger partial charge on any atom is 0.433 e. The van der Waals surface area contributed by atoms with Crippen LogP contribution in [0.2, 0.25) is 0 Å². The van der Waals surface area contributed by atoms with Crippen LogP contribution < -0.4 is 5.32 Å². The molecular weight excluding hydrogens is 417 g/mol. The Morgan fingerprint density at radius 2 is 1.72 bits per heavy atom. The normalized spacial score (nSPS) is 11.6. The van der Waals surface area contributed by atoms with Gasteiger partial charge in [0, 0.05) is 29.2 Å². The molecule has 4 aromatic heterocycles. The van der Waals surface area contributed by atoms with Gasteiger partial charge in [-0.1, -0.05) is 18.2 Å². The van der Waals surface area contributed by atoms with Crippen LogP contribution in [0.5, 0.6) is 0 Å². The summed E-state index contributed by atoms with van der Waals surface area (Å²) < 4.78 is 38.7. The van der Waals surface area contributed by atoms with Gasteiger partial charge in [-0.2, -0.15) is 13.2 Å². The van der Waals surface area contributed by atoms with Gasteiger partial charge in [-0.05, 0) is 42.5 Å². The minimum atomic E-state index is -4.51. The number of pyridine rings is 3. The van der Waals surface area contributed by atoms with Gasteiger partial charge in [0.1, 0.15) is 22.9 Å². The molecule has 0 aliphatic heterocycles. The Bertz CT molecular complexity index is 1380. The number of alkyl halides is 3. The van der Waals surface area contributed by atoms with Crippen LogP contribution in [0.15, 0.2) is 79.3 Å². The van der Waals surface area contributed by atoms with Crippen molar-refractivity contribution in [3.05, 3.63) is 84.9 Å². The average molecular weight is 432 g/mol. The molecule has 5 rings (SSSR count). The molecule has 0 bridgehead atoms. The first-order valence-corrected chi connectivity index (χ1v) is 9.64. The summed E-state index contributed by atoms with van der Waals surface area (Å²) in [4.78, 5) is 19.5. The van der Waals surface area contributed by atoms with Crippen LogP contribution in [-0.4, -0.2) is 24.9 Å². The Kier molecular flexibility index (Phi) is 4.78. The zero-order valence-electron chi connectivity index (χ0n) is 16.4. The van der Waals surface area contributed by atoms with E-state index in [4.69, 9.17) is 0 Å². The Morgan fingerprint density at radius 3 is 2.47 bits per heavy atom. The highest BCUT2D eigenvalue weighted by Crippen LogP contribution is 2.30. The van der Waals surface area contributed by atoms with E-state index in [1.165, 1.54) is 0 Å². The van der Waals surface area contributed by atoms with Crippen molar-refractivity contribution >= 4 is 22.5 Å². The second-order valence-corrected chi connectivity index (χ2v) is 7.02. The molecule has 6 nitrogen and oxygen atoms in total. The van der Waals surface area contributed by atoms with E-state index in [0.717, 1.165) is 29.2 Å². The number of fused-ring (bicyclic) bond motifs is 1. The third-order valence-corrected chi connectivity index (χ3v) is 4.79. The maximum absolute atomic E-state index is 12.9. The minimum absolute atomic E-state index is 0.271. The molecule has 32 heavy (non-hydrogen) atoms. The molecule has 0 unspecified atom stereocenters. The number of H-pyrrole nitrogens is 1. The molecule has 0 aliphatic rings. The molecule has 0 saturated heterocycles. The highest BCUT2D eigenvalue weighted by atomic mass is 19.4. The number of imidazole rings is 1. The zero-order chi connectivity index (χ0) is 22.1. The van der Waals surface area contributed by atoms with Gasteiger partial charge in [0.2, 0.25) is 0 Å². The summed E-state index contributed by atoms with van der Waals surface area (Å²) in [6.45, 7) is 0. The summed E-state index contributed by atoms with van der Waals surface area (Å²) in [5.74, 6) is 1.09. The minimum Gasteiger partial charge on any atom is -0.340 e. The zero-order valence-corrected chi connectivity index (χ0v) is 16.4. The molecular formula is C23H15F3N6. The largest absolute Gasteiger partial charge is 0.433 e. The van der Waals surface area contributed by atoms with E-state index < -0.39 is 11.9 Å². The van der Waals surface area contributed by atoms with Gasteiger partial charge in [-0.25, -0.2) is 15.0 Å². The molecule has 1 aromatic carbocycles. The first-order chi connectivity index (χ1) is 15.5. The third kappa shape index (κ3) is 4.00. The smallest absolute Gasteiger partial charge is 0.340 e. The van der Waals surface area contributed by atoms with Crippen molar-refractivity contribution in [2.45, 2.75) is 6.18 Å². The highest BCUT2D eigenvalue weighted by molar-refractivity contribution is 5.80. The number of rotatable bonds is 4. The number of anilines is 2. The summed E-state index contributed by atoms with van der Waals surface area (Å²) in [5, 5.41) is 3.22. The van der Waals surface area contributed by atoms with Crippen molar-refractivity contribution in [3.63, 3.8) is 0 Å². The second-order valence-electron chi connectivity index (χ2n) is 7.02. The molecule has 0 atom stereocenters. The molecule has 0 radical (unpaired) electrons. The number of hydrogen-bond donors (Lipinski definition) is 2. The fraction of sp³-hybridized carbons (Fsp3) is 0.0435. The third-order valence-electron chi connectivity index (χ3n) is 4.79. The molecule has 158 valence electrons. The number of nitrogens with zero attached hydrogens (tertiary/aromatic N) is 4. The Labute approximate surface area is 180 Å². The van der Waals surface area contributed by atoms with E-state index in [1.54, 1.807) is 12.4 Å². The lowest BCUT2D eigenvalue weighted by Gasteiger charge is -2.08. The Morgan fingerprint density at radius 1 is 0.812 bits per heavy atom. The van der Waals surface area contributed by atoms with Crippen LogP contribution in [0.4, 0.5) is 24.7 Å². The van der Waals surface area contributed by atoms with Crippen LogP contribution >= 0.6 is 0 Å². The van der Waals surface area contributed by atoms with Gasteiger partial charge >= 0.3 is 6.18 Å². The lowest BCUT2D eigenvalue weighted by molar-refractivity contribution is -0.141. The average Bonchev–Trinajstić information content (AvgIpc) is 3.23. The summed E-state index contributed by atoms with van der Waals surface area (Å²) in [5.41, 5.74) is 2.88. The van der Waals surface area contributed by atoms with Crippen LogP contribution in [0.3, 0.4) is 0 Å². The topological polar surface area (TPSA) is 79.4 Å². The number of halogens is 3. The maximum atomic E-state index is 12.9. The van der Waals surface area contributed by atoms with E-state index in [-0.39, 0.29) is 5.52 Å². The van der Waals surface area contributed by atoms with Gasteiger partial charge in [0.15, 0.2) is 0 Å². The van der Waals surface area contributed by atoms with Crippen molar-refractivity contribution in [2.24, 2.45) is 0 Å². The van der Waals surface area contributed by atoms with Crippen molar-refractivity contribution in [2.75, 3.05) is 5.32 Å². The van der Waals surface area contributed by atoms with Crippen molar-refractivity contribution in [1.29, 1.82) is 0 Å². The van der Waals surface area contributed by atoms with Crippen molar-refractivity contribution in [3.8, 4) is 22.6 Å². The molecule has 0 fully saturated rings. The SMILES string of the molecule is FC(F)(F)c1cc2[nH]c(-c3cccc(Nc4ccc(-c5ccccn5)cn4)c3)nc2cn1. The second kappa shape index (κ2) is 7.77. The number of nitrogens with one attached hydrogen (secondary N) is 2. The number of hydrogen-bond acceptors (Lipinski definition) is 5. The van der Waals surface area contributed by atoms with Gasteiger partial charge in [0.05, 0.1) is 17.4 Å². The van der Waals surface area contributed by atoms with E-state index in [0.29, 0.717) is 22.7 Å². The predicted molar refractivity (Wildman–Crippen MR) is 115 cm³/mol. The molecule has 0 spiro atoms. The van der Waals surface area contributed by atoms with E-state index in [9.17, 15) is 13.2 Å². The van der Waals surface area contributed by atoms with Crippen LogP contribution in [-0.2, 0) is 6.18 Å². The Balaban J connectivity index is 1.39. The van der Waals surface area contributed by atoms with Crippen LogP contribution in [0.1, 0.15) is 5.69 Å². The quantitative estimate of drug-likeness (QED) is 0.373. The lowest BCUT2D eigenvalue weighted by Crippen LogP contribution is -2.07. The fourth-order valence-electron chi connectivity index (χ4n) is 3.25. The molecule has 4 heterocycles. The predicted octanol–water partition coefficient (Wildman–Crippen LogP) is 5.84. The summed E-state index contributed by atoms with van der Waals surface area (Å²) in [6.07, 6.45) is 0.0692. The lowest BCUT2D eigenvalue weighted by atomic mass is 10.2. The molecule has 0 amide bonds. The van der Waals surface area contributed by atoms with E-state index in [1.807, 2.05) is 54.6 Å². The summed E-state index contributed by atoms with van der Waals surface area (Å²) >= 11 is 0. The van der Waals surface area contributed by atoms with Gasteiger partial charge in [-0.3, -0.25) is 4.98 Å². The van der Waals surface area contributed by atoms with Crippen molar-refractivity contribution < 1.29 is 13.2 Å². The highest BCUT2D eigenvalue weighted by Gasteiger charge is 2.32. The first kappa shape index (κ1) is 19.7. The number of aromatic nitrogens is 5. The molecule has 0 aliphatic carbocycles. The molecule has 9 heteroatoms. The molecule has 0 saturated carbocycles. The summed E-state index contributed by atoms with van der Waals surface area (Å²) in [6, 6.07) is 17.8. The standard InChI is InChI=1S/C23H15F3N6/c24-23(25,26)20-11-18-19(13-28-20)32-22(31-18)14-4-3-5-16(10-14)30-21-8-7-15(12-29-21)17-6-1-2-9-27-17/h1-13H,(H,29,30)(H,31,32). The Hall–Kier alpha value is -4.27. The van der Waals surface area contributed by atoms with Gasteiger partial charge in [0.25, 0.3) is 0 Å². The number of benzene rings is 1. The van der Waals surface area contributed by atoms with Crippen molar-refractivity contribution in [1.82, 2.24) is 24.9 Å².